The summed E-state index contributed by atoms with van der Waals surface area (Å²) >= 11 is 0. The lowest BCUT2D eigenvalue weighted by molar-refractivity contribution is -0.862. The van der Waals surface area contributed by atoms with Crippen LogP contribution in [-0.2, 0) is 14.4 Å². The number of nitrogens with one attached hydrogen (secondary N) is 3. The fourth-order valence-corrected chi connectivity index (χ4v) is 2.86. The first-order valence-electron chi connectivity index (χ1n) is 11.4. The molecular weight excluding hydrogens is 462 g/mol. The van der Waals surface area contributed by atoms with E-state index in [-0.39, 0.29) is 37.4 Å². The van der Waals surface area contributed by atoms with Crippen molar-refractivity contribution in [1.82, 2.24) is 16.3 Å². The van der Waals surface area contributed by atoms with Crippen molar-refractivity contribution in [1.29, 1.82) is 0 Å². The molecule has 36 heavy (non-hydrogen) atoms. The van der Waals surface area contributed by atoms with Gasteiger partial charge in [-0.1, -0.05) is 0 Å². The van der Waals surface area contributed by atoms with Gasteiger partial charge in [-0.25, -0.2) is 16.3 Å². The van der Waals surface area contributed by atoms with E-state index in [0.717, 1.165) is 0 Å². The van der Waals surface area contributed by atoms with Crippen LogP contribution in [0.3, 0.4) is 0 Å². The number of hydrogen-bond acceptors (Lipinski definition) is 6. The van der Waals surface area contributed by atoms with Gasteiger partial charge >= 0.3 is 0 Å². The van der Waals surface area contributed by atoms with Crippen molar-refractivity contribution in [2.45, 2.75) is 0 Å². The molecule has 0 bridgehead atoms. The Labute approximate surface area is 214 Å². The van der Waals surface area contributed by atoms with Gasteiger partial charge in [-0.15, -0.1) is 0 Å². The fourth-order valence-electron chi connectivity index (χ4n) is 2.86. The van der Waals surface area contributed by atoms with E-state index in [4.69, 9.17) is 0 Å². The lowest BCUT2D eigenvalue weighted by atomic mass is 10.1. The SMILES string of the molecule is C[N+](C)(C)CC(=O)N/N=C\c1cc(/C=N\NC(=O)C[N+](C)(C)C)cc(/C=N\NC(=O)C[N+](C)(C)C)c1. The number of hydrogen-bond donors (Lipinski definition) is 3. The Hall–Kier alpha value is -3.48. The van der Waals surface area contributed by atoms with E-state index in [9.17, 15) is 14.4 Å². The van der Waals surface area contributed by atoms with Gasteiger partial charge in [0, 0.05) is 0 Å². The Morgan fingerprint density at radius 1 is 0.556 bits per heavy atom. The maximum absolute atomic E-state index is 12.0. The first-order chi connectivity index (χ1) is 16.4. The molecule has 0 atom stereocenters. The number of benzene rings is 1. The molecule has 0 radical (unpaired) electrons. The molecule has 0 spiro atoms. The normalized spacial score (nSPS) is 12.9. The third-order valence-corrected chi connectivity index (χ3v) is 4.06. The predicted molar refractivity (Wildman–Crippen MR) is 142 cm³/mol. The van der Waals surface area contributed by atoms with E-state index < -0.39 is 0 Å². The molecule has 12 nitrogen and oxygen atoms in total. The van der Waals surface area contributed by atoms with Crippen LogP contribution in [0.2, 0.25) is 0 Å². The summed E-state index contributed by atoms with van der Waals surface area (Å²) in [7, 11) is 17.2. The molecule has 0 unspecified atom stereocenters. The molecule has 3 amide bonds. The number of quaternary nitrogens is 3. The Morgan fingerprint density at radius 3 is 0.972 bits per heavy atom. The van der Waals surface area contributed by atoms with Crippen molar-refractivity contribution in [3.8, 4) is 0 Å². The fraction of sp³-hybridized carbons (Fsp3) is 0.500. The quantitative estimate of drug-likeness (QED) is 0.195. The molecular formula is C24H42N9O3+3. The van der Waals surface area contributed by atoms with Gasteiger partial charge in [0.05, 0.1) is 82.1 Å². The lowest BCUT2D eigenvalue weighted by Gasteiger charge is -2.22. The Balaban J connectivity index is 3.03. The van der Waals surface area contributed by atoms with Gasteiger partial charge < -0.3 is 13.4 Å². The van der Waals surface area contributed by atoms with Crippen LogP contribution >= 0.6 is 0 Å². The van der Waals surface area contributed by atoms with Crippen molar-refractivity contribution in [2.75, 3.05) is 83.1 Å². The first kappa shape index (κ1) is 30.6. The maximum atomic E-state index is 12.0. The summed E-state index contributed by atoms with van der Waals surface area (Å²) in [6.07, 6.45) is 4.52. The standard InChI is InChI=1S/C24H39N9O3/c1-31(2,3)16-22(34)28-25-13-19-10-20(14-26-29-23(35)17-32(4,5)6)12-21(11-19)15-27-30-24(36)18-33(7,8)9/h10-15H,16-18H2,1-9H3/p+3/b25-13-,26-14-,27-15-. The van der Waals surface area contributed by atoms with Crippen molar-refractivity contribution >= 4 is 36.4 Å². The van der Waals surface area contributed by atoms with Crippen LogP contribution in [0.4, 0.5) is 0 Å². The van der Waals surface area contributed by atoms with Crippen LogP contribution in [-0.4, -0.2) is 133 Å². The van der Waals surface area contributed by atoms with Crippen molar-refractivity contribution in [2.24, 2.45) is 15.3 Å². The highest BCUT2D eigenvalue weighted by Gasteiger charge is 2.15. The van der Waals surface area contributed by atoms with Gasteiger partial charge in [-0.05, 0) is 34.9 Å². The minimum Gasteiger partial charge on any atom is -0.323 e. The topological polar surface area (TPSA) is 124 Å². The van der Waals surface area contributed by atoms with E-state index in [1.54, 1.807) is 18.2 Å². The summed E-state index contributed by atoms with van der Waals surface area (Å²) in [6.45, 7) is 0.839. The van der Waals surface area contributed by atoms with Gasteiger partial charge in [-0.2, -0.15) is 15.3 Å². The molecule has 0 aliphatic heterocycles. The van der Waals surface area contributed by atoms with Crippen LogP contribution in [0.25, 0.3) is 0 Å². The number of carbonyl (C=O) groups excluding carboxylic acids is 3. The summed E-state index contributed by atoms with van der Waals surface area (Å²) < 4.78 is 1.44. The summed E-state index contributed by atoms with van der Waals surface area (Å²) in [5.74, 6) is -0.630. The molecule has 12 heteroatoms. The minimum atomic E-state index is -0.210. The molecule has 0 aromatic heterocycles. The molecule has 0 fully saturated rings. The van der Waals surface area contributed by atoms with Crippen LogP contribution in [0.1, 0.15) is 16.7 Å². The van der Waals surface area contributed by atoms with Gasteiger partial charge in [0.2, 0.25) is 0 Å². The molecule has 3 N–H and O–H groups in total. The van der Waals surface area contributed by atoms with E-state index in [1.165, 1.54) is 18.6 Å². The Bertz CT molecular complexity index is 870. The molecule has 0 aliphatic carbocycles. The number of hydrazone groups is 3. The van der Waals surface area contributed by atoms with Gasteiger partial charge in [0.15, 0.2) is 19.6 Å². The molecule has 1 aromatic rings. The molecule has 198 valence electrons. The number of carbonyl (C=O) groups is 3. The summed E-state index contributed by atoms with van der Waals surface area (Å²) in [5, 5.41) is 12.1. The zero-order valence-electron chi connectivity index (χ0n) is 23.0. The number of amides is 3. The second kappa shape index (κ2) is 13.0. The average Bonchev–Trinajstić information content (AvgIpc) is 2.63. The zero-order chi connectivity index (χ0) is 27.6. The molecule has 1 aromatic carbocycles. The molecule has 1 rings (SSSR count). The third-order valence-electron chi connectivity index (χ3n) is 4.06. The van der Waals surface area contributed by atoms with Crippen molar-refractivity contribution in [3.05, 3.63) is 34.9 Å². The summed E-state index contributed by atoms with van der Waals surface area (Å²) in [4.78, 5) is 36.1. The van der Waals surface area contributed by atoms with Crippen LogP contribution < -0.4 is 16.3 Å². The van der Waals surface area contributed by atoms with Gasteiger partial charge in [-0.3, -0.25) is 14.4 Å². The predicted octanol–water partition coefficient (Wildman–Crippen LogP) is -0.844. The highest BCUT2D eigenvalue weighted by molar-refractivity contribution is 5.93. The monoisotopic (exact) mass is 504 g/mol. The molecule has 0 saturated heterocycles. The largest absolute Gasteiger partial charge is 0.323 e. The number of rotatable bonds is 12. The lowest BCUT2D eigenvalue weighted by Crippen LogP contribution is -2.43. The zero-order valence-corrected chi connectivity index (χ0v) is 23.0. The smallest absolute Gasteiger partial charge is 0.295 e. The molecule has 0 saturated carbocycles. The molecule has 0 heterocycles. The van der Waals surface area contributed by atoms with Crippen molar-refractivity contribution in [3.63, 3.8) is 0 Å². The van der Waals surface area contributed by atoms with Crippen LogP contribution in [0.15, 0.2) is 33.5 Å². The van der Waals surface area contributed by atoms with Crippen LogP contribution in [0, 0.1) is 0 Å². The second-order valence-corrected chi connectivity index (χ2v) is 11.7. The van der Waals surface area contributed by atoms with Crippen LogP contribution in [0.5, 0.6) is 0 Å². The highest BCUT2D eigenvalue weighted by Crippen LogP contribution is 2.06. The summed E-state index contributed by atoms with van der Waals surface area (Å²) in [6, 6.07) is 5.37. The van der Waals surface area contributed by atoms with Crippen molar-refractivity contribution < 1.29 is 27.8 Å². The summed E-state index contributed by atoms with van der Waals surface area (Å²) in [5.41, 5.74) is 9.55. The Morgan fingerprint density at radius 2 is 0.778 bits per heavy atom. The highest BCUT2D eigenvalue weighted by atomic mass is 16.2. The first-order valence-corrected chi connectivity index (χ1v) is 11.4. The van der Waals surface area contributed by atoms with E-state index in [0.29, 0.717) is 30.1 Å². The van der Waals surface area contributed by atoms with E-state index in [1.807, 2.05) is 63.4 Å². The number of nitrogens with zero attached hydrogens (tertiary/aromatic N) is 6. The van der Waals surface area contributed by atoms with Gasteiger partial charge in [0.1, 0.15) is 0 Å². The maximum Gasteiger partial charge on any atom is 0.295 e. The Kier molecular flexibility index (Phi) is 11.0. The molecule has 0 aliphatic rings. The van der Waals surface area contributed by atoms with E-state index in [2.05, 4.69) is 31.6 Å². The van der Waals surface area contributed by atoms with E-state index >= 15 is 0 Å². The third kappa shape index (κ3) is 15.4. The average molecular weight is 505 g/mol. The van der Waals surface area contributed by atoms with Gasteiger partial charge in [0.25, 0.3) is 17.7 Å². The minimum absolute atomic E-state index is 0.210. The second-order valence-electron chi connectivity index (χ2n) is 11.7. The number of likely N-dealkylation sites (N-methyl/N-ethyl adjacent to an activating group) is 3.